The number of ether oxygens (including phenoxy) is 2. The van der Waals surface area contributed by atoms with Crippen molar-refractivity contribution >= 4 is 26.4 Å². The fourth-order valence-corrected chi connectivity index (χ4v) is 4.79. The molecule has 1 aromatic heterocycles. The van der Waals surface area contributed by atoms with Gasteiger partial charge in [-0.2, -0.15) is 0 Å². The maximum Gasteiger partial charge on any atom is 0.147 e. The van der Waals surface area contributed by atoms with E-state index in [0.29, 0.717) is 6.42 Å². The summed E-state index contributed by atoms with van der Waals surface area (Å²) in [6, 6.07) is 22.1. The van der Waals surface area contributed by atoms with E-state index in [1.54, 1.807) is 14.2 Å². The highest BCUT2D eigenvalue weighted by Crippen LogP contribution is 2.32. The first-order valence-electron chi connectivity index (χ1n) is 11.2. The summed E-state index contributed by atoms with van der Waals surface area (Å²) in [5.41, 5.74) is 5.23. The third-order valence-electron chi connectivity index (χ3n) is 5.95. The van der Waals surface area contributed by atoms with Crippen LogP contribution >= 0.6 is 0 Å². The van der Waals surface area contributed by atoms with E-state index in [1.807, 2.05) is 54.7 Å². The zero-order valence-corrected chi connectivity index (χ0v) is 20.5. The molecule has 0 aliphatic heterocycles. The number of rotatable bonds is 10. The van der Waals surface area contributed by atoms with Crippen LogP contribution in [-0.4, -0.2) is 39.6 Å². The fraction of sp³-hybridized carbons (Fsp3) is 0.259. The van der Waals surface area contributed by atoms with Gasteiger partial charge in [-0.25, -0.2) is 8.42 Å². The summed E-state index contributed by atoms with van der Waals surface area (Å²) in [6.07, 6.45) is 4.52. The molecule has 0 aliphatic carbocycles. The predicted octanol–water partition coefficient (Wildman–Crippen LogP) is 5.17. The number of aromatic amines is 1. The van der Waals surface area contributed by atoms with Gasteiger partial charge in [0, 0.05) is 47.2 Å². The summed E-state index contributed by atoms with van der Waals surface area (Å²) in [6.45, 7) is 0. The molecule has 0 fully saturated rings. The molecule has 0 aliphatic rings. The van der Waals surface area contributed by atoms with Crippen molar-refractivity contribution in [2.45, 2.75) is 18.9 Å². The third kappa shape index (κ3) is 5.72. The molecule has 0 saturated carbocycles. The van der Waals surface area contributed by atoms with Gasteiger partial charge in [0.25, 0.3) is 0 Å². The summed E-state index contributed by atoms with van der Waals surface area (Å²) in [5, 5.41) is 4.76. The van der Waals surface area contributed by atoms with Crippen LogP contribution in [0.25, 0.3) is 10.9 Å². The number of sulfone groups is 1. The van der Waals surface area contributed by atoms with Gasteiger partial charge in [-0.3, -0.25) is 0 Å². The molecule has 3 aromatic carbocycles. The molecule has 0 spiro atoms. The number of fused-ring (bicyclic) bond motifs is 1. The van der Waals surface area contributed by atoms with Crippen LogP contribution in [0.3, 0.4) is 0 Å². The fourth-order valence-electron chi connectivity index (χ4n) is 4.20. The first-order valence-corrected chi connectivity index (χ1v) is 13.2. The van der Waals surface area contributed by atoms with Gasteiger partial charge in [-0.1, -0.05) is 48.5 Å². The van der Waals surface area contributed by atoms with E-state index in [0.717, 1.165) is 51.2 Å². The lowest BCUT2D eigenvalue weighted by molar-refractivity contribution is 0.394. The van der Waals surface area contributed by atoms with Crippen LogP contribution in [-0.2, 0) is 22.7 Å². The highest BCUT2D eigenvalue weighted by atomic mass is 32.2. The lowest BCUT2D eigenvalue weighted by Crippen LogP contribution is -2.14. The van der Waals surface area contributed by atoms with Crippen molar-refractivity contribution < 1.29 is 17.9 Å². The van der Waals surface area contributed by atoms with E-state index in [1.165, 1.54) is 6.26 Å². The topological polar surface area (TPSA) is 80.4 Å². The smallest absolute Gasteiger partial charge is 0.147 e. The van der Waals surface area contributed by atoms with Gasteiger partial charge in [0.2, 0.25) is 0 Å². The van der Waals surface area contributed by atoms with Crippen molar-refractivity contribution in [3.05, 3.63) is 89.6 Å². The maximum atomic E-state index is 11.7. The van der Waals surface area contributed by atoms with Gasteiger partial charge in [0.15, 0.2) is 0 Å². The average Bonchev–Trinajstić information content (AvgIpc) is 3.25. The summed E-state index contributed by atoms with van der Waals surface area (Å²) in [4.78, 5) is 3.39. The third-order valence-corrected chi connectivity index (χ3v) is 6.89. The van der Waals surface area contributed by atoms with E-state index in [9.17, 15) is 8.42 Å². The minimum atomic E-state index is -3.03. The minimum Gasteiger partial charge on any atom is -0.497 e. The molecule has 0 saturated heterocycles. The van der Waals surface area contributed by atoms with Crippen LogP contribution < -0.4 is 14.8 Å². The van der Waals surface area contributed by atoms with Crippen LogP contribution in [0.1, 0.15) is 22.7 Å². The average molecular weight is 479 g/mol. The van der Waals surface area contributed by atoms with E-state index < -0.39 is 9.84 Å². The zero-order chi connectivity index (χ0) is 24.1. The number of anilines is 1. The molecule has 1 atom stereocenters. The summed E-state index contributed by atoms with van der Waals surface area (Å²) < 4.78 is 34.2. The molecule has 0 radical (unpaired) electrons. The highest BCUT2D eigenvalue weighted by molar-refractivity contribution is 7.90. The number of hydrogen-bond donors (Lipinski definition) is 2. The van der Waals surface area contributed by atoms with Crippen LogP contribution in [0.2, 0.25) is 0 Å². The number of aryl methyl sites for hydroxylation is 1. The maximum absolute atomic E-state index is 11.7. The van der Waals surface area contributed by atoms with Crippen LogP contribution in [0, 0.1) is 0 Å². The van der Waals surface area contributed by atoms with Gasteiger partial charge in [-0.05, 0) is 29.5 Å². The Labute approximate surface area is 200 Å². The summed E-state index contributed by atoms with van der Waals surface area (Å²) >= 11 is 0. The van der Waals surface area contributed by atoms with Crippen molar-refractivity contribution in [1.82, 2.24) is 4.98 Å². The Kier molecular flexibility index (Phi) is 7.12. The highest BCUT2D eigenvalue weighted by Gasteiger charge is 2.17. The Morgan fingerprint density at radius 3 is 2.26 bits per heavy atom. The molecule has 178 valence electrons. The first kappa shape index (κ1) is 23.7. The predicted molar refractivity (Wildman–Crippen MR) is 138 cm³/mol. The van der Waals surface area contributed by atoms with Crippen molar-refractivity contribution in [2.24, 2.45) is 0 Å². The number of benzene rings is 3. The van der Waals surface area contributed by atoms with Crippen molar-refractivity contribution in [3.63, 3.8) is 0 Å². The standard InChI is InChI=1S/C27H30N2O4S/c1-32-23-15-22(16-24(17-23)33-2)29-26(19-8-5-4-6-9-19)14-21-18-28-27-20(10-7-11-25(21)27)12-13-34(3,30)31/h4-11,15-18,26,28-29H,12-14H2,1-3H3. The quantitative estimate of drug-likeness (QED) is 0.329. The molecule has 6 nitrogen and oxygen atoms in total. The van der Waals surface area contributed by atoms with Crippen molar-refractivity contribution in [1.29, 1.82) is 0 Å². The number of para-hydroxylation sites is 1. The van der Waals surface area contributed by atoms with Crippen LogP contribution in [0.4, 0.5) is 5.69 Å². The van der Waals surface area contributed by atoms with Gasteiger partial charge in [0.1, 0.15) is 21.3 Å². The molecule has 2 N–H and O–H groups in total. The number of nitrogens with one attached hydrogen (secondary N) is 2. The molecular weight excluding hydrogens is 448 g/mol. The molecule has 4 aromatic rings. The summed E-state index contributed by atoms with van der Waals surface area (Å²) in [7, 11) is 0.249. The lowest BCUT2D eigenvalue weighted by atomic mass is 9.97. The van der Waals surface area contributed by atoms with Gasteiger partial charge in [0.05, 0.1) is 26.0 Å². The van der Waals surface area contributed by atoms with Crippen LogP contribution in [0.15, 0.2) is 72.9 Å². The van der Waals surface area contributed by atoms with E-state index >= 15 is 0 Å². The second-order valence-corrected chi connectivity index (χ2v) is 10.7. The normalized spacial score (nSPS) is 12.4. The molecule has 1 unspecified atom stereocenters. The van der Waals surface area contributed by atoms with Gasteiger partial charge in [-0.15, -0.1) is 0 Å². The molecular formula is C27H30N2O4S. The summed E-state index contributed by atoms with van der Waals surface area (Å²) in [5.74, 6) is 1.57. The SMILES string of the molecule is COc1cc(NC(Cc2c[nH]c3c(CCS(C)(=O)=O)cccc23)c2ccccc2)cc(OC)c1. The number of H-pyrrole nitrogens is 1. The molecule has 0 amide bonds. The second kappa shape index (κ2) is 10.2. The minimum absolute atomic E-state index is 0.00307. The Hall–Kier alpha value is -3.45. The molecule has 1 heterocycles. The van der Waals surface area contributed by atoms with Gasteiger partial charge < -0.3 is 19.8 Å². The number of hydrogen-bond acceptors (Lipinski definition) is 5. The number of methoxy groups -OCH3 is 2. The molecule has 0 bridgehead atoms. The van der Waals surface area contributed by atoms with E-state index in [2.05, 4.69) is 28.5 Å². The van der Waals surface area contributed by atoms with E-state index in [-0.39, 0.29) is 11.8 Å². The lowest BCUT2D eigenvalue weighted by Gasteiger charge is -2.21. The van der Waals surface area contributed by atoms with E-state index in [4.69, 9.17) is 9.47 Å². The Morgan fingerprint density at radius 2 is 1.62 bits per heavy atom. The first-order chi connectivity index (χ1) is 16.4. The zero-order valence-electron chi connectivity index (χ0n) is 19.7. The largest absolute Gasteiger partial charge is 0.497 e. The monoisotopic (exact) mass is 478 g/mol. The number of aromatic nitrogens is 1. The molecule has 7 heteroatoms. The second-order valence-electron chi connectivity index (χ2n) is 8.45. The Balaban J connectivity index is 1.67. The van der Waals surface area contributed by atoms with Gasteiger partial charge >= 0.3 is 0 Å². The van der Waals surface area contributed by atoms with Crippen molar-refractivity contribution in [3.8, 4) is 11.5 Å². The van der Waals surface area contributed by atoms with Crippen molar-refractivity contribution in [2.75, 3.05) is 31.5 Å². The Bertz CT molecular complexity index is 1340. The van der Waals surface area contributed by atoms with Crippen LogP contribution in [0.5, 0.6) is 11.5 Å². The molecule has 34 heavy (non-hydrogen) atoms. The molecule has 4 rings (SSSR count). The Morgan fingerprint density at radius 1 is 0.912 bits per heavy atom.